The van der Waals surface area contributed by atoms with Crippen molar-refractivity contribution in [2.24, 2.45) is 0 Å². The highest BCUT2D eigenvalue weighted by molar-refractivity contribution is 5.25. The Morgan fingerprint density at radius 1 is 1.06 bits per heavy atom. The molecular weight excluding hydrogens is 194 g/mol. The molecule has 0 bridgehead atoms. The van der Waals surface area contributed by atoms with Crippen molar-refractivity contribution in [2.45, 2.75) is 52.5 Å². The number of hydrogen-bond acceptors (Lipinski definition) is 1. The lowest BCUT2D eigenvalue weighted by molar-refractivity contribution is 0.537. The summed E-state index contributed by atoms with van der Waals surface area (Å²) in [5, 5.41) is 3.51. The van der Waals surface area contributed by atoms with Gasteiger partial charge in [0.1, 0.15) is 0 Å². The number of rotatable bonds is 7. The first-order chi connectivity index (χ1) is 7.81. The molecule has 0 saturated heterocycles. The third kappa shape index (κ3) is 3.97. The van der Waals surface area contributed by atoms with Gasteiger partial charge in [0.15, 0.2) is 0 Å². The molecule has 1 unspecified atom stereocenters. The SMILES string of the molecule is CCCCc1ccc(C(CC)NCC)cc1. The molecule has 16 heavy (non-hydrogen) atoms. The van der Waals surface area contributed by atoms with Crippen molar-refractivity contribution < 1.29 is 0 Å². The maximum atomic E-state index is 3.51. The third-order valence-corrected chi connectivity index (χ3v) is 3.06. The minimum atomic E-state index is 0.519. The fraction of sp³-hybridized carbons (Fsp3) is 0.600. The smallest absolute Gasteiger partial charge is 0.0317 e. The lowest BCUT2D eigenvalue weighted by Gasteiger charge is -2.16. The van der Waals surface area contributed by atoms with Crippen LogP contribution in [0.1, 0.15) is 57.2 Å². The Morgan fingerprint density at radius 2 is 1.75 bits per heavy atom. The highest BCUT2D eigenvalue weighted by atomic mass is 14.9. The summed E-state index contributed by atoms with van der Waals surface area (Å²) in [4.78, 5) is 0. The second-order valence-electron chi connectivity index (χ2n) is 4.36. The molecule has 1 nitrogen and oxygen atoms in total. The van der Waals surface area contributed by atoms with Gasteiger partial charge in [-0.3, -0.25) is 0 Å². The van der Waals surface area contributed by atoms with Gasteiger partial charge in [-0.15, -0.1) is 0 Å². The number of nitrogens with one attached hydrogen (secondary N) is 1. The van der Waals surface area contributed by atoms with Gasteiger partial charge in [-0.2, -0.15) is 0 Å². The van der Waals surface area contributed by atoms with E-state index < -0.39 is 0 Å². The number of unbranched alkanes of at least 4 members (excludes halogenated alkanes) is 1. The minimum absolute atomic E-state index is 0.519. The van der Waals surface area contributed by atoms with Crippen molar-refractivity contribution in [3.8, 4) is 0 Å². The molecule has 0 saturated carbocycles. The van der Waals surface area contributed by atoms with Crippen LogP contribution in [-0.4, -0.2) is 6.54 Å². The molecule has 1 heteroatoms. The van der Waals surface area contributed by atoms with Crippen LogP contribution < -0.4 is 5.32 Å². The van der Waals surface area contributed by atoms with E-state index in [0.717, 1.165) is 13.0 Å². The van der Waals surface area contributed by atoms with Crippen LogP contribution in [0.3, 0.4) is 0 Å². The number of hydrogen-bond donors (Lipinski definition) is 1. The van der Waals surface area contributed by atoms with Crippen LogP contribution >= 0.6 is 0 Å². The molecular formula is C15H25N. The van der Waals surface area contributed by atoms with Gasteiger partial charge in [0.05, 0.1) is 0 Å². The molecule has 1 aromatic carbocycles. The molecule has 1 N–H and O–H groups in total. The Balaban J connectivity index is 2.61. The fourth-order valence-corrected chi connectivity index (χ4v) is 2.04. The van der Waals surface area contributed by atoms with Gasteiger partial charge in [-0.05, 0) is 36.9 Å². The first-order valence-electron chi connectivity index (χ1n) is 6.64. The second kappa shape index (κ2) is 7.45. The van der Waals surface area contributed by atoms with E-state index in [2.05, 4.69) is 50.4 Å². The predicted octanol–water partition coefficient (Wildman–Crippen LogP) is 4.09. The van der Waals surface area contributed by atoms with E-state index >= 15 is 0 Å². The first kappa shape index (κ1) is 13.2. The zero-order valence-corrected chi connectivity index (χ0v) is 10.9. The van der Waals surface area contributed by atoms with Gasteiger partial charge in [0.2, 0.25) is 0 Å². The molecule has 0 radical (unpaired) electrons. The van der Waals surface area contributed by atoms with Crippen LogP contribution in [0.25, 0.3) is 0 Å². The zero-order chi connectivity index (χ0) is 11.8. The third-order valence-electron chi connectivity index (χ3n) is 3.06. The summed E-state index contributed by atoms with van der Waals surface area (Å²) in [5.74, 6) is 0. The number of benzene rings is 1. The van der Waals surface area contributed by atoms with Gasteiger partial charge < -0.3 is 5.32 Å². The molecule has 0 aromatic heterocycles. The highest BCUT2D eigenvalue weighted by Crippen LogP contribution is 2.17. The van der Waals surface area contributed by atoms with Crippen LogP contribution in [0.5, 0.6) is 0 Å². The van der Waals surface area contributed by atoms with Crippen molar-refractivity contribution in [3.05, 3.63) is 35.4 Å². The molecule has 0 aliphatic rings. The fourth-order valence-electron chi connectivity index (χ4n) is 2.04. The summed E-state index contributed by atoms with van der Waals surface area (Å²) in [6.45, 7) is 7.68. The normalized spacial score (nSPS) is 12.7. The molecule has 0 spiro atoms. The summed E-state index contributed by atoms with van der Waals surface area (Å²) >= 11 is 0. The largest absolute Gasteiger partial charge is 0.310 e. The van der Waals surface area contributed by atoms with Crippen LogP contribution in [0.2, 0.25) is 0 Å². The van der Waals surface area contributed by atoms with E-state index in [4.69, 9.17) is 0 Å². The maximum absolute atomic E-state index is 3.51. The zero-order valence-electron chi connectivity index (χ0n) is 10.9. The molecule has 90 valence electrons. The van der Waals surface area contributed by atoms with E-state index in [-0.39, 0.29) is 0 Å². The summed E-state index contributed by atoms with van der Waals surface area (Å²) in [5.41, 5.74) is 2.89. The Bertz CT molecular complexity index is 276. The minimum Gasteiger partial charge on any atom is -0.310 e. The highest BCUT2D eigenvalue weighted by Gasteiger charge is 2.06. The van der Waals surface area contributed by atoms with Gasteiger partial charge in [-0.1, -0.05) is 51.5 Å². The van der Waals surface area contributed by atoms with Gasteiger partial charge in [-0.25, -0.2) is 0 Å². The van der Waals surface area contributed by atoms with Crippen LogP contribution in [0.4, 0.5) is 0 Å². The van der Waals surface area contributed by atoms with Gasteiger partial charge in [0, 0.05) is 6.04 Å². The summed E-state index contributed by atoms with van der Waals surface area (Å²) in [6, 6.07) is 9.64. The predicted molar refractivity (Wildman–Crippen MR) is 71.8 cm³/mol. The molecule has 0 fully saturated rings. The van der Waals surface area contributed by atoms with Crippen molar-refractivity contribution in [1.29, 1.82) is 0 Å². The number of aryl methyl sites for hydroxylation is 1. The van der Waals surface area contributed by atoms with Crippen LogP contribution in [0.15, 0.2) is 24.3 Å². The van der Waals surface area contributed by atoms with Crippen molar-refractivity contribution in [2.75, 3.05) is 6.54 Å². The van der Waals surface area contributed by atoms with Crippen molar-refractivity contribution >= 4 is 0 Å². The topological polar surface area (TPSA) is 12.0 Å². The maximum Gasteiger partial charge on any atom is 0.0317 e. The average Bonchev–Trinajstić information content (AvgIpc) is 2.34. The Kier molecular flexibility index (Phi) is 6.17. The van der Waals surface area contributed by atoms with Crippen molar-refractivity contribution in [1.82, 2.24) is 5.32 Å². The Labute approximate surface area is 100 Å². The lowest BCUT2D eigenvalue weighted by Crippen LogP contribution is -2.19. The van der Waals surface area contributed by atoms with Crippen molar-refractivity contribution in [3.63, 3.8) is 0 Å². The molecule has 0 amide bonds. The van der Waals surface area contributed by atoms with E-state index in [1.165, 1.54) is 30.4 Å². The second-order valence-corrected chi connectivity index (χ2v) is 4.36. The van der Waals surface area contributed by atoms with Crippen LogP contribution in [0, 0.1) is 0 Å². The molecule has 1 atom stereocenters. The molecule has 1 rings (SSSR count). The monoisotopic (exact) mass is 219 g/mol. The van der Waals surface area contributed by atoms with E-state index in [9.17, 15) is 0 Å². The first-order valence-corrected chi connectivity index (χ1v) is 6.64. The molecule has 0 heterocycles. The van der Waals surface area contributed by atoms with E-state index in [1.807, 2.05) is 0 Å². The van der Waals surface area contributed by atoms with Gasteiger partial charge in [0.25, 0.3) is 0 Å². The Hall–Kier alpha value is -0.820. The van der Waals surface area contributed by atoms with Gasteiger partial charge >= 0.3 is 0 Å². The lowest BCUT2D eigenvalue weighted by atomic mass is 10.0. The quantitative estimate of drug-likeness (QED) is 0.728. The molecule has 0 aliphatic heterocycles. The molecule has 1 aromatic rings. The summed E-state index contributed by atoms with van der Waals surface area (Å²) < 4.78 is 0. The Morgan fingerprint density at radius 3 is 2.25 bits per heavy atom. The summed E-state index contributed by atoms with van der Waals surface area (Å²) in [7, 11) is 0. The average molecular weight is 219 g/mol. The molecule has 0 aliphatic carbocycles. The van der Waals surface area contributed by atoms with Crippen LogP contribution in [-0.2, 0) is 6.42 Å². The summed E-state index contributed by atoms with van der Waals surface area (Å²) in [6.07, 6.45) is 4.94. The van der Waals surface area contributed by atoms with E-state index in [1.54, 1.807) is 0 Å². The standard InChI is InChI=1S/C15H25N/c1-4-7-8-13-9-11-14(12-10-13)15(5-2)16-6-3/h9-12,15-16H,4-8H2,1-3H3. The van der Waals surface area contributed by atoms with E-state index in [0.29, 0.717) is 6.04 Å².